The smallest absolute Gasteiger partial charge is 0.341 e. The van der Waals surface area contributed by atoms with Crippen LogP contribution in [0.3, 0.4) is 0 Å². The van der Waals surface area contributed by atoms with Crippen molar-refractivity contribution in [2.45, 2.75) is 44.8 Å². The molecule has 1 amide bonds. The van der Waals surface area contributed by atoms with Crippen LogP contribution < -0.4 is 21.0 Å². The Hall–Kier alpha value is -3.87. The molecule has 3 fully saturated rings. The van der Waals surface area contributed by atoms with E-state index in [1.54, 1.807) is 23.1 Å². The van der Waals surface area contributed by atoms with Crippen LogP contribution in [0.5, 0.6) is 0 Å². The number of anilines is 2. The Bertz CT molecular complexity index is 1590. The van der Waals surface area contributed by atoms with Crippen LogP contribution in [0.15, 0.2) is 41.3 Å². The number of amides is 1. The molecule has 2 unspecified atom stereocenters. The molecule has 3 aliphatic rings. The highest BCUT2D eigenvalue weighted by Gasteiger charge is 2.39. The number of benzene rings is 2. The summed E-state index contributed by atoms with van der Waals surface area (Å²) in [5.74, 6) is -4.23. The Balaban J connectivity index is 1.52. The molecule has 12 heteroatoms. The third-order valence-corrected chi connectivity index (χ3v) is 8.38. The van der Waals surface area contributed by atoms with Crippen molar-refractivity contribution in [3.8, 4) is 0 Å². The van der Waals surface area contributed by atoms with E-state index in [1.165, 1.54) is 16.7 Å². The Morgan fingerprint density at radius 1 is 1.00 bits per heavy atom. The van der Waals surface area contributed by atoms with Gasteiger partial charge in [-0.2, -0.15) is 0 Å². The quantitative estimate of drug-likeness (QED) is 0.408. The van der Waals surface area contributed by atoms with Crippen molar-refractivity contribution in [1.29, 1.82) is 0 Å². The van der Waals surface area contributed by atoms with Crippen LogP contribution in [0.2, 0.25) is 0 Å². The van der Waals surface area contributed by atoms with E-state index in [-0.39, 0.29) is 34.9 Å². The fourth-order valence-electron chi connectivity index (χ4n) is 6.43. The molecule has 0 spiro atoms. The van der Waals surface area contributed by atoms with E-state index in [9.17, 15) is 19.5 Å². The summed E-state index contributed by atoms with van der Waals surface area (Å²) in [6, 6.07) is 7.67. The maximum Gasteiger partial charge on any atom is 0.341 e. The lowest BCUT2D eigenvalue weighted by Gasteiger charge is -2.51. The minimum atomic E-state index is -1.51. The molecule has 0 bridgehead atoms. The van der Waals surface area contributed by atoms with Crippen LogP contribution in [0, 0.1) is 11.6 Å². The summed E-state index contributed by atoms with van der Waals surface area (Å²) < 4.78 is 34.8. The maximum atomic E-state index is 16.7. The predicted molar refractivity (Wildman–Crippen MR) is 155 cm³/mol. The number of halogens is 2. The number of hydrogen-bond donors (Lipinski definition) is 3. The summed E-state index contributed by atoms with van der Waals surface area (Å²) in [6.45, 7) is 8.02. The Morgan fingerprint density at radius 3 is 2.24 bits per heavy atom. The Labute approximate surface area is 241 Å². The third-order valence-electron chi connectivity index (χ3n) is 8.38. The Kier molecular flexibility index (Phi) is 7.46. The lowest BCUT2D eigenvalue weighted by Crippen LogP contribution is -2.65. The summed E-state index contributed by atoms with van der Waals surface area (Å²) in [5, 5.41) is 19.7. The SMILES string of the molecule is CC1CN(c2c(F)c(NC(=O)c3ccccc3)c3c(=O)c(C(=O)O)cn(C4CC4)c3c2F)CC(C)N1N1CCNCC1. The minimum absolute atomic E-state index is 0.0799. The number of carbonyl (C=O) groups is 2. The predicted octanol–water partition coefficient (Wildman–Crippen LogP) is 3.28. The number of hydrogen-bond acceptors (Lipinski definition) is 7. The molecule has 2 aliphatic heterocycles. The molecule has 3 heterocycles. The first kappa shape index (κ1) is 28.3. The number of piperazine rings is 2. The van der Waals surface area contributed by atoms with E-state index in [1.807, 2.05) is 13.8 Å². The standard InChI is InChI=1S/C30H34F2N6O4/c1-17-14-35(15-18(2)38(17)36-12-10-33-11-13-36)27-23(31)25(34-29(40)19-6-4-3-5-7-19)22-26(24(27)32)37(20-8-9-20)16-21(28(22)39)30(41)42/h3-7,16-18,20,33H,8-15H2,1-2H3,(H,34,40)(H,41,42). The second-order valence-electron chi connectivity index (χ2n) is 11.4. The van der Waals surface area contributed by atoms with Gasteiger partial charge in [0.2, 0.25) is 5.43 Å². The first-order valence-electron chi connectivity index (χ1n) is 14.4. The summed E-state index contributed by atoms with van der Waals surface area (Å²) in [5.41, 5.74) is -2.49. The molecule has 1 saturated carbocycles. The van der Waals surface area contributed by atoms with Crippen LogP contribution >= 0.6 is 0 Å². The molecule has 0 radical (unpaired) electrons. The molecule has 2 aromatic carbocycles. The molecule has 3 aromatic rings. The fraction of sp³-hybridized carbons (Fsp3) is 0.433. The van der Waals surface area contributed by atoms with Crippen LogP contribution in [-0.4, -0.2) is 82.9 Å². The van der Waals surface area contributed by atoms with Crippen LogP contribution in [0.25, 0.3) is 10.9 Å². The number of aromatic nitrogens is 1. The second-order valence-corrected chi connectivity index (χ2v) is 11.4. The van der Waals surface area contributed by atoms with Gasteiger partial charge < -0.3 is 25.2 Å². The molecule has 3 N–H and O–H groups in total. The fourth-order valence-corrected chi connectivity index (χ4v) is 6.43. The third kappa shape index (κ3) is 4.93. The number of nitrogens with zero attached hydrogens (tertiary/aromatic N) is 4. The van der Waals surface area contributed by atoms with Crippen molar-refractivity contribution in [1.82, 2.24) is 19.9 Å². The number of carboxylic acid groups (broad SMARTS) is 1. The molecule has 42 heavy (non-hydrogen) atoms. The van der Waals surface area contributed by atoms with Crippen molar-refractivity contribution in [2.75, 3.05) is 49.5 Å². The van der Waals surface area contributed by atoms with Crippen molar-refractivity contribution < 1.29 is 23.5 Å². The number of hydrazine groups is 1. The number of rotatable bonds is 6. The lowest BCUT2D eigenvalue weighted by atomic mass is 10.0. The van der Waals surface area contributed by atoms with Gasteiger partial charge in [-0.05, 0) is 38.8 Å². The van der Waals surface area contributed by atoms with Crippen LogP contribution in [0.1, 0.15) is 53.4 Å². The van der Waals surface area contributed by atoms with Crippen molar-refractivity contribution in [3.05, 3.63) is 69.5 Å². The topological polar surface area (TPSA) is 110 Å². The van der Waals surface area contributed by atoms with Gasteiger partial charge in [0.1, 0.15) is 11.3 Å². The highest BCUT2D eigenvalue weighted by molar-refractivity contribution is 6.10. The van der Waals surface area contributed by atoms with E-state index in [4.69, 9.17) is 0 Å². The van der Waals surface area contributed by atoms with Crippen molar-refractivity contribution >= 4 is 34.2 Å². The molecule has 6 rings (SSSR count). The molecule has 1 aromatic heterocycles. The van der Waals surface area contributed by atoms with Gasteiger partial charge in [-0.25, -0.2) is 23.6 Å². The molecule has 2 atom stereocenters. The van der Waals surface area contributed by atoms with E-state index in [0.29, 0.717) is 25.9 Å². The van der Waals surface area contributed by atoms with Gasteiger partial charge in [-0.15, -0.1) is 0 Å². The summed E-state index contributed by atoms with van der Waals surface area (Å²) in [4.78, 5) is 40.4. The molecular weight excluding hydrogens is 546 g/mol. The summed E-state index contributed by atoms with van der Waals surface area (Å²) in [6.07, 6.45) is 2.46. The largest absolute Gasteiger partial charge is 0.477 e. The van der Waals surface area contributed by atoms with Gasteiger partial charge in [0.15, 0.2) is 11.6 Å². The van der Waals surface area contributed by atoms with Gasteiger partial charge in [-0.1, -0.05) is 18.2 Å². The average molecular weight is 581 g/mol. The lowest BCUT2D eigenvalue weighted by molar-refractivity contribution is -0.0976. The zero-order valence-corrected chi connectivity index (χ0v) is 23.6. The first-order valence-corrected chi connectivity index (χ1v) is 14.4. The van der Waals surface area contributed by atoms with E-state index in [2.05, 4.69) is 20.7 Å². The summed E-state index contributed by atoms with van der Waals surface area (Å²) >= 11 is 0. The van der Waals surface area contributed by atoms with Gasteiger partial charge in [-0.3, -0.25) is 9.59 Å². The van der Waals surface area contributed by atoms with Gasteiger partial charge in [0, 0.05) is 69.2 Å². The highest BCUT2D eigenvalue weighted by atomic mass is 19.1. The zero-order valence-electron chi connectivity index (χ0n) is 23.6. The zero-order chi connectivity index (χ0) is 29.7. The molecule has 1 aliphatic carbocycles. The first-order chi connectivity index (χ1) is 20.2. The van der Waals surface area contributed by atoms with Gasteiger partial charge in [0.05, 0.1) is 16.6 Å². The highest BCUT2D eigenvalue weighted by Crippen LogP contribution is 2.43. The van der Waals surface area contributed by atoms with Gasteiger partial charge >= 0.3 is 5.97 Å². The molecule has 10 nitrogen and oxygen atoms in total. The van der Waals surface area contributed by atoms with Crippen molar-refractivity contribution in [2.24, 2.45) is 0 Å². The van der Waals surface area contributed by atoms with E-state index in [0.717, 1.165) is 32.4 Å². The number of pyridine rings is 1. The van der Waals surface area contributed by atoms with Crippen LogP contribution in [-0.2, 0) is 0 Å². The number of fused-ring (bicyclic) bond motifs is 1. The van der Waals surface area contributed by atoms with Gasteiger partial charge in [0.25, 0.3) is 5.91 Å². The van der Waals surface area contributed by atoms with E-state index >= 15 is 8.78 Å². The van der Waals surface area contributed by atoms with Crippen LogP contribution in [0.4, 0.5) is 20.2 Å². The average Bonchev–Trinajstić information content (AvgIpc) is 3.81. The monoisotopic (exact) mass is 580 g/mol. The number of carboxylic acids is 1. The van der Waals surface area contributed by atoms with Crippen molar-refractivity contribution in [3.63, 3.8) is 0 Å². The number of aromatic carboxylic acids is 1. The Morgan fingerprint density at radius 2 is 1.64 bits per heavy atom. The van der Waals surface area contributed by atoms with E-state index < -0.39 is 45.6 Å². The number of nitrogens with one attached hydrogen (secondary N) is 2. The minimum Gasteiger partial charge on any atom is -0.477 e. The maximum absolute atomic E-state index is 16.7. The molecule has 222 valence electrons. The normalized spacial score (nSPS) is 22.0. The summed E-state index contributed by atoms with van der Waals surface area (Å²) in [7, 11) is 0. The molecular formula is C30H34F2N6O4. The molecule has 2 saturated heterocycles. The number of carbonyl (C=O) groups excluding carboxylic acids is 1. The second kappa shape index (κ2) is 11.1.